The van der Waals surface area contributed by atoms with Gasteiger partial charge in [0.05, 0.1) is 21.6 Å². The molecule has 2 aliphatic heterocycles. The Bertz CT molecular complexity index is 2750. The quantitative estimate of drug-likeness (QED) is 0.0758. The summed E-state index contributed by atoms with van der Waals surface area (Å²) in [5.41, 5.74) is 4.25. The number of fused-ring (bicyclic) bond motifs is 1. The fourth-order valence-electron chi connectivity index (χ4n) is 9.06. The maximum atomic E-state index is 15.5. The van der Waals surface area contributed by atoms with Crippen molar-refractivity contribution in [2.24, 2.45) is 16.7 Å². The average Bonchev–Trinajstić information content (AvgIpc) is 3.73. The molecule has 3 aliphatic rings. The molecule has 5 aromatic rings. The molecule has 3 N–H and O–H groups in total. The predicted octanol–water partition coefficient (Wildman–Crippen LogP) is 9.82. The largest absolute Gasteiger partial charge is 0.455 e. The minimum Gasteiger partial charge on any atom is -0.455 e. The topological polar surface area (TPSA) is 172 Å². The number of hydrogen-bond donors (Lipinski definition) is 3. The highest BCUT2D eigenvalue weighted by molar-refractivity contribution is 7.90. The first-order valence-corrected chi connectivity index (χ1v) is 23.8. The number of aromatic amines is 1. The van der Waals surface area contributed by atoms with Gasteiger partial charge in [0.2, 0.25) is 0 Å². The highest BCUT2D eigenvalue weighted by atomic mass is 35.5. The van der Waals surface area contributed by atoms with Gasteiger partial charge in [-0.3, -0.25) is 19.8 Å². The third kappa shape index (κ3) is 10.0. The summed E-state index contributed by atoms with van der Waals surface area (Å²) >= 11 is 6.30. The molecule has 65 heavy (non-hydrogen) atoms. The number of nitrogens with zero attached hydrogens (tertiary/aromatic N) is 4. The van der Waals surface area contributed by atoms with E-state index in [1.807, 2.05) is 22.9 Å². The minimum atomic E-state index is -4.83. The van der Waals surface area contributed by atoms with E-state index in [0.29, 0.717) is 61.6 Å². The summed E-state index contributed by atoms with van der Waals surface area (Å²) in [5.74, 6) is -1.76. The van der Waals surface area contributed by atoms with Crippen molar-refractivity contribution in [3.8, 4) is 11.5 Å². The van der Waals surface area contributed by atoms with Gasteiger partial charge in [-0.2, -0.15) is 0 Å². The van der Waals surface area contributed by atoms with E-state index >= 15 is 4.39 Å². The van der Waals surface area contributed by atoms with Gasteiger partial charge in [-0.05, 0) is 103 Å². The molecule has 0 spiro atoms. The van der Waals surface area contributed by atoms with Crippen LogP contribution >= 0.6 is 11.6 Å². The standard InChI is InChI=1S/C48H55ClFN7O7S/c1-30-28-56(17-16-55(30)29-34-24-47(2,3)48(4,5)25-40(34)32-6-8-35(49)9-7-32)36-10-11-39(43(21-36)64-37-20-33-12-15-51-45(33)53-27-37)46(58)54-65(61,62)38-22-41(50)44(42(23-38)57(59)60)52-26-31-13-18-63-19-14-31/h6-12,15,20-23,27,30-31,52H,13-14,16-19,24-26,28-29H2,1-5H3,(H,51,53)(H,54,58). The number of carbonyl (C=O) groups excluding carboxylic acids is 1. The summed E-state index contributed by atoms with van der Waals surface area (Å²) in [5, 5.41) is 16.4. The van der Waals surface area contributed by atoms with Crippen LogP contribution in [0.1, 0.15) is 76.2 Å². The molecule has 1 atom stereocenters. The van der Waals surface area contributed by atoms with E-state index in [1.165, 1.54) is 29.0 Å². The van der Waals surface area contributed by atoms with Gasteiger partial charge in [-0.1, -0.05) is 57.0 Å². The second-order valence-corrected chi connectivity index (χ2v) is 20.9. The van der Waals surface area contributed by atoms with Crippen LogP contribution in [0.15, 0.2) is 89.6 Å². The first kappa shape index (κ1) is 46.0. The van der Waals surface area contributed by atoms with E-state index in [0.717, 1.165) is 43.1 Å². The smallest absolute Gasteiger partial charge is 0.296 e. The maximum absolute atomic E-state index is 15.5. The van der Waals surface area contributed by atoms with Crippen LogP contribution in [0.5, 0.6) is 11.5 Å². The van der Waals surface area contributed by atoms with Crippen molar-refractivity contribution in [2.45, 2.75) is 71.2 Å². The van der Waals surface area contributed by atoms with E-state index in [9.17, 15) is 23.3 Å². The second-order valence-electron chi connectivity index (χ2n) is 18.8. The molecule has 2 saturated heterocycles. The number of halogens is 2. The number of nitrogens with one attached hydrogen (secondary N) is 3. The number of aromatic nitrogens is 2. The highest BCUT2D eigenvalue weighted by Gasteiger charge is 2.43. The number of benzene rings is 3. The van der Waals surface area contributed by atoms with Crippen molar-refractivity contribution < 1.29 is 32.0 Å². The van der Waals surface area contributed by atoms with E-state index < -0.39 is 42.9 Å². The number of nitro benzene ring substituents is 1. The minimum absolute atomic E-state index is 0.0524. The molecule has 0 saturated carbocycles. The van der Waals surface area contributed by atoms with Crippen LogP contribution in [0, 0.1) is 32.7 Å². The fourth-order valence-corrected chi connectivity index (χ4v) is 10.2. The molecule has 2 aromatic heterocycles. The van der Waals surface area contributed by atoms with Gasteiger partial charge in [0, 0.05) is 86.4 Å². The number of allylic oxidation sites excluding steroid dienone is 1. The van der Waals surface area contributed by atoms with Crippen molar-refractivity contribution >= 4 is 61.2 Å². The number of ether oxygens (including phenoxy) is 2. The Kier molecular flexibility index (Phi) is 13.0. The number of anilines is 2. The molecule has 0 radical (unpaired) electrons. The average molecular weight is 929 g/mol. The lowest BCUT2D eigenvalue weighted by Gasteiger charge is -2.49. The van der Waals surface area contributed by atoms with Gasteiger partial charge in [0.15, 0.2) is 5.82 Å². The van der Waals surface area contributed by atoms with Crippen LogP contribution in [-0.4, -0.2) is 86.1 Å². The van der Waals surface area contributed by atoms with Crippen LogP contribution < -0.4 is 19.7 Å². The summed E-state index contributed by atoms with van der Waals surface area (Å²) in [4.78, 5) is 36.6. The number of rotatable bonds is 13. The molecule has 1 amide bonds. The molecule has 4 heterocycles. The molecule has 0 bridgehead atoms. The van der Waals surface area contributed by atoms with E-state index in [-0.39, 0.29) is 40.6 Å². The Morgan fingerprint density at radius 3 is 2.49 bits per heavy atom. The summed E-state index contributed by atoms with van der Waals surface area (Å²) in [7, 11) is -4.83. The third-order valence-electron chi connectivity index (χ3n) is 13.7. The molecule has 1 unspecified atom stereocenters. The Labute approximate surface area is 383 Å². The molecule has 17 heteroatoms. The summed E-state index contributed by atoms with van der Waals surface area (Å²) in [6, 6.07) is 18.2. The SMILES string of the molecule is CC1CN(c2ccc(C(=O)NS(=O)(=O)c3cc(F)c(NCC4CCOCC4)c([N+](=O)[O-])c3)c(Oc3cnc4[nH]ccc4c3)c2)CCN1CC1=C(c2ccc(Cl)cc2)CC(C)(C)C(C)(C)C1. The van der Waals surface area contributed by atoms with Crippen LogP contribution in [0.4, 0.5) is 21.5 Å². The Balaban J connectivity index is 1.04. The number of piperazine rings is 1. The maximum Gasteiger partial charge on any atom is 0.296 e. The Hall–Kier alpha value is -5.55. The number of carbonyl (C=O) groups is 1. The lowest BCUT2D eigenvalue weighted by Crippen LogP contribution is -2.53. The monoisotopic (exact) mass is 927 g/mol. The molecule has 2 fully saturated rings. The number of H-pyrrole nitrogens is 1. The lowest BCUT2D eigenvalue weighted by molar-refractivity contribution is -0.384. The van der Waals surface area contributed by atoms with Gasteiger partial charge in [-0.25, -0.2) is 22.5 Å². The first-order chi connectivity index (χ1) is 30.9. The zero-order chi connectivity index (χ0) is 46.3. The Morgan fingerprint density at radius 2 is 1.77 bits per heavy atom. The lowest BCUT2D eigenvalue weighted by atomic mass is 9.57. The Morgan fingerprint density at radius 1 is 1.03 bits per heavy atom. The second kappa shape index (κ2) is 18.4. The highest BCUT2D eigenvalue weighted by Crippen LogP contribution is 2.54. The zero-order valence-corrected chi connectivity index (χ0v) is 38.8. The van der Waals surface area contributed by atoms with Crippen molar-refractivity contribution in [3.05, 3.63) is 117 Å². The van der Waals surface area contributed by atoms with Gasteiger partial charge in [0.25, 0.3) is 21.6 Å². The van der Waals surface area contributed by atoms with E-state index in [2.05, 4.69) is 71.8 Å². The number of amides is 1. The zero-order valence-electron chi connectivity index (χ0n) is 37.2. The summed E-state index contributed by atoms with van der Waals surface area (Å²) in [6.07, 6.45) is 6.55. The van der Waals surface area contributed by atoms with Crippen LogP contribution in [0.2, 0.25) is 5.02 Å². The molecule has 344 valence electrons. The first-order valence-electron chi connectivity index (χ1n) is 21.9. The van der Waals surface area contributed by atoms with Crippen LogP contribution in [0.3, 0.4) is 0 Å². The van der Waals surface area contributed by atoms with Crippen LogP contribution in [0.25, 0.3) is 16.6 Å². The molecule has 14 nitrogen and oxygen atoms in total. The number of nitro groups is 1. The normalized spacial score (nSPS) is 19.3. The number of sulfonamides is 1. The molecular weight excluding hydrogens is 873 g/mol. The number of hydrogen-bond acceptors (Lipinski definition) is 11. The predicted molar refractivity (Wildman–Crippen MR) is 251 cm³/mol. The van der Waals surface area contributed by atoms with Crippen molar-refractivity contribution in [2.75, 3.05) is 56.2 Å². The van der Waals surface area contributed by atoms with Gasteiger partial charge >= 0.3 is 0 Å². The van der Waals surface area contributed by atoms with Gasteiger partial charge in [0.1, 0.15) is 22.8 Å². The third-order valence-corrected chi connectivity index (χ3v) is 15.3. The molecule has 8 rings (SSSR count). The molecular formula is C48H55ClFN7O7S. The van der Waals surface area contributed by atoms with Gasteiger partial charge < -0.3 is 24.7 Å². The van der Waals surface area contributed by atoms with Crippen LogP contribution in [-0.2, 0) is 14.8 Å². The summed E-state index contributed by atoms with van der Waals surface area (Å²) < 4.78 is 56.7. The van der Waals surface area contributed by atoms with E-state index in [1.54, 1.807) is 24.4 Å². The van der Waals surface area contributed by atoms with Crippen molar-refractivity contribution in [3.63, 3.8) is 0 Å². The van der Waals surface area contributed by atoms with Gasteiger partial charge in [-0.15, -0.1) is 0 Å². The number of pyridine rings is 1. The van der Waals surface area contributed by atoms with Crippen molar-refractivity contribution in [1.82, 2.24) is 19.6 Å². The van der Waals surface area contributed by atoms with E-state index in [4.69, 9.17) is 21.1 Å². The molecule has 3 aromatic carbocycles. The molecule has 1 aliphatic carbocycles. The van der Waals surface area contributed by atoms with Crippen molar-refractivity contribution in [1.29, 1.82) is 0 Å². The summed E-state index contributed by atoms with van der Waals surface area (Å²) in [6.45, 7) is 15.8. The fraction of sp³-hybridized carbons (Fsp3) is 0.417.